The van der Waals surface area contributed by atoms with Crippen molar-refractivity contribution in [1.82, 2.24) is 0 Å². The summed E-state index contributed by atoms with van der Waals surface area (Å²) in [6.45, 7) is 4.94. The Labute approximate surface area is 210 Å². The molecule has 5 heteroatoms. The maximum Gasteiger partial charge on any atom is 0.306 e. The van der Waals surface area contributed by atoms with Crippen molar-refractivity contribution in [2.45, 2.75) is 161 Å². The highest BCUT2D eigenvalue weighted by molar-refractivity contribution is 7.80. The van der Waals surface area contributed by atoms with E-state index in [2.05, 4.69) is 13.8 Å². The number of hydrogen-bond donors (Lipinski definition) is 2. The fourth-order valence-electron chi connectivity index (χ4n) is 4.46. The van der Waals surface area contributed by atoms with Gasteiger partial charge in [0.25, 0.3) is 0 Å². The lowest BCUT2D eigenvalue weighted by Crippen LogP contribution is -2.43. The second kappa shape index (κ2) is 23.1. The number of ether oxygens (including phenoxy) is 1. The number of carbonyl (C=O) groups is 1. The lowest BCUT2D eigenvalue weighted by Gasteiger charge is -2.30. The third-order valence-electron chi connectivity index (χ3n) is 6.64. The van der Waals surface area contributed by atoms with E-state index in [1.165, 1.54) is 96.3 Å². The Kier molecular flexibility index (Phi) is 22.6. The van der Waals surface area contributed by atoms with Crippen LogP contribution in [0.2, 0.25) is 0 Å². The molecule has 0 spiro atoms. The Hall–Kier alpha value is -0.680. The van der Waals surface area contributed by atoms with Crippen molar-refractivity contribution in [2.75, 3.05) is 6.61 Å². The van der Waals surface area contributed by atoms with Gasteiger partial charge in [-0.1, -0.05) is 136 Å². The van der Waals surface area contributed by atoms with E-state index in [-0.39, 0.29) is 11.5 Å². The standard InChI is InChI=1S/C28H54O4S/c1-3-5-7-9-11-13-15-17-19-21-23-28(27(31)33,25-26(29)30)32-24-22-20-18-16-14-12-10-8-6-4-2/h3-25H2,1-2H3,(H,29,30)(H,31,33). The summed E-state index contributed by atoms with van der Waals surface area (Å²) < 4.78 is 5.98. The molecule has 0 aromatic carbocycles. The molecular formula is C28H54O4S. The molecule has 1 unspecified atom stereocenters. The number of aliphatic carboxylic acids is 1. The smallest absolute Gasteiger partial charge is 0.306 e. The molecule has 0 aromatic heterocycles. The van der Waals surface area contributed by atoms with Crippen molar-refractivity contribution in [1.29, 1.82) is 0 Å². The summed E-state index contributed by atoms with van der Waals surface area (Å²) in [5.74, 6) is -0.971. The Morgan fingerprint density at radius 2 is 1.00 bits per heavy atom. The van der Waals surface area contributed by atoms with Gasteiger partial charge in [0.2, 0.25) is 0 Å². The second-order valence-corrected chi connectivity index (χ2v) is 10.2. The van der Waals surface area contributed by atoms with Crippen LogP contribution in [0.4, 0.5) is 0 Å². The SMILES string of the molecule is CCCCCCCCCCCCOC(CCCCCCCCCCCC)(CC(=O)O)C(O)=S. The Balaban J connectivity index is 4.10. The van der Waals surface area contributed by atoms with Crippen LogP contribution in [0.5, 0.6) is 0 Å². The summed E-state index contributed by atoms with van der Waals surface area (Å²) in [4.78, 5) is 11.5. The summed E-state index contributed by atoms with van der Waals surface area (Å²) in [7, 11) is 0. The molecule has 0 heterocycles. The van der Waals surface area contributed by atoms with Gasteiger partial charge in [0.1, 0.15) is 5.60 Å². The van der Waals surface area contributed by atoms with Crippen LogP contribution in [0.3, 0.4) is 0 Å². The fourth-order valence-corrected chi connectivity index (χ4v) is 4.69. The third kappa shape index (κ3) is 19.3. The molecule has 0 bridgehead atoms. The predicted molar refractivity (Wildman–Crippen MR) is 144 cm³/mol. The molecule has 0 aliphatic heterocycles. The van der Waals surface area contributed by atoms with Gasteiger partial charge < -0.3 is 14.9 Å². The Morgan fingerprint density at radius 1 is 0.636 bits per heavy atom. The van der Waals surface area contributed by atoms with E-state index >= 15 is 0 Å². The number of carboxylic acids is 1. The minimum Gasteiger partial charge on any atom is -0.500 e. The lowest BCUT2D eigenvalue weighted by atomic mass is 9.92. The van der Waals surface area contributed by atoms with Gasteiger partial charge in [-0.15, -0.1) is 0 Å². The van der Waals surface area contributed by atoms with Gasteiger partial charge in [0.15, 0.2) is 5.05 Å². The molecule has 0 aromatic rings. The van der Waals surface area contributed by atoms with Crippen molar-refractivity contribution in [2.24, 2.45) is 0 Å². The lowest BCUT2D eigenvalue weighted by molar-refractivity contribution is -0.143. The van der Waals surface area contributed by atoms with Crippen LogP contribution in [-0.4, -0.2) is 33.4 Å². The average molecular weight is 487 g/mol. The number of unbranched alkanes of at least 4 members (excludes halogenated alkanes) is 18. The molecule has 0 amide bonds. The number of carboxylic acid groups (broad SMARTS) is 1. The van der Waals surface area contributed by atoms with Crippen LogP contribution < -0.4 is 0 Å². The van der Waals surface area contributed by atoms with E-state index in [1.54, 1.807) is 0 Å². The van der Waals surface area contributed by atoms with Crippen molar-refractivity contribution >= 4 is 23.2 Å². The van der Waals surface area contributed by atoms with E-state index in [0.717, 1.165) is 32.1 Å². The monoisotopic (exact) mass is 486 g/mol. The largest absolute Gasteiger partial charge is 0.500 e. The fraction of sp³-hybridized carbons (Fsp3) is 0.929. The maximum atomic E-state index is 11.5. The van der Waals surface area contributed by atoms with Gasteiger partial charge in [0.05, 0.1) is 6.42 Å². The van der Waals surface area contributed by atoms with Crippen LogP contribution in [0, 0.1) is 0 Å². The summed E-state index contributed by atoms with van der Waals surface area (Å²) in [6.07, 6.45) is 24.7. The minimum absolute atomic E-state index is 0.252. The molecule has 4 nitrogen and oxygen atoms in total. The van der Waals surface area contributed by atoms with Gasteiger partial charge in [-0.2, -0.15) is 0 Å². The van der Waals surface area contributed by atoms with Crippen LogP contribution in [-0.2, 0) is 9.53 Å². The van der Waals surface area contributed by atoms with Crippen molar-refractivity contribution in [3.8, 4) is 0 Å². The summed E-state index contributed by atoms with van der Waals surface area (Å²) >= 11 is 5.06. The highest BCUT2D eigenvalue weighted by Gasteiger charge is 2.38. The summed E-state index contributed by atoms with van der Waals surface area (Å²) in [6, 6.07) is 0. The van der Waals surface area contributed by atoms with Crippen molar-refractivity contribution in [3.63, 3.8) is 0 Å². The maximum absolute atomic E-state index is 11.5. The molecule has 0 radical (unpaired) electrons. The normalized spacial score (nSPS) is 13.2. The molecule has 0 saturated heterocycles. The third-order valence-corrected chi connectivity index (χ3v) is 7.01. The van der Waals surface area contributed by atoms with E-state index < -0.39 is 11.6 Å². The van der Waals surface area contributed by atoms with Crippen LogP contribution in [0.15, 0.2) is 0 Å². The van der Waals surface area contributed by atoms with E-state index in [1.807, 2.05) is 0 Å². The zero-order valence-electron chi connectivity index (χ0n) is 21.9. The van der Waals surface area contributed by atoms with E-state index in [0.29, 0.717) is 13.0 Å². The quantitative estimate of drug-likeness (QED) is 0.0941. The van der Waals surface area contributed by atoms with Crippen molar-refractivity contribution in [3.05, 3.63) is 0 Å². The number of hydrogen-bond acceptors (Lipinski definition) is 3. The summed E-state index contributed by atoms with van der Waals surface area (Å²) in [5, 5.41) is 19.2. The van der Waals surface area contributed by atoms with E-state index in [9.17, 15) is 15.0 Å². The highest BCUT2D eigenvalue weighted by atomic mass is 32.1. The molecule has 33 heavy (non-hydrogen) atoms. The first kappa shape index (κ1) is 32.3. The molecule has 0 rings (SSSR count). The zero-order valence-corrected chi connectivity index (χ0v) is 22.7. The molecule has 2 N–H and O–H groups in total. The first-order valence-corrected chi connectivity index (χ1v) is 14.5. The second-order valence-electron chi connectivity index (χ2n) is 9.83. The number of rotatable bonds is 26. The summed E-state index contributed by atoms with van der Waals surface area (Å²) in [5.41, 5.74) is -1.21. The highest BCUT2D eigenvalue weighted by Crippen LogP contribution is 2.27. The predicted octanol–water partition coefficient (Wildman–Crippen LogP) is 9.33. The van der Waals surface area contributed by atoms with Crippen LogP contribution in [0.25, 0.3) is 0 Å². The molecule has 0 aliphatic rings. The topological polar surface area (TPSA) is 66.8 Å². The van der Waals surface area contributed by atoms with Crippen LogP contribution in [0.1, 0.15) is 155 Å². The van der Waals surface area contributed by atoms with Gasteiger partial charge in [-0.25, -0.2) is 0 Å². The molecule has 1 atom stereocenters. The van der Waals surface area contributed by atoms with Gasteiger partial charge in [0, 0.05) is 6.61 Å². The Bertz CT molecular complexity index is 469. The number of thiocarbonyl (C=S) groups is 1. The molecule has 0 aliphatic carbocycles. The molecular weight excluding hydrogens is 432 g/mol. The number of aliphatic hydroxyl groups excluding tert-OH is 1. The first-order valence-electron chi connectivity index (χ1n) is 14.1. The minimum atomic E-state index is -1.21. The van der Waals surface area contributed by atoms with Gasteiger partial charge in [-0.3, -0.25) is 4.79 Å². The van der Waals surface area contributed by atoms with Gasteiger partial charge >= 0.3 is 5.97 Å². The Morgan fingerprint density at radius 3 is 1.36 bits per heavy atom. The molecule has 0 fully saturated rings. The van der Waals surface area contributed by atoms with E-state index in [4.69, 9.17) is 17.0 Å². The van der Waals surface area contributed by atoms with Crippen LogP contribution >= 0.6 is 12.2 Å². The zero-order chi connectivity index (χ0) is 24.6. The first-order chi connectivity index (χ1) is 16.0. The molecule has 196 valence electrons. The average Bonchev–Trinajstić information content (AvgIpc) is 2.78. The molecule has 0 saturated carbocycles. The van der Waals surface area contributed by atoms with Crippen molar-refractivity contribution < 1.29 is 19.7 Å². The van der Waals surface area contributed by atoms with Gasteiger partial charge in [-0.05, 0) is 25.1 Å². The number of aliphatic hydroxyl groups is 1.